The molecule has 2 unspecified atom stereocenters. The zero-order chi connectivity index (χ0) is 8.55. The van der Waals surface area contributed by atoms with Crippen molar-refractivity contribution in [3.05, 3.63) is 22.9 Å². The van der Waals surface area contributed by atoms with Crippen molar-refractivity contribution >= 4 is 0 Å². The van der Waals surface area contributed by atoms with E-state index >= 15 is 0 Å². The van der Waals surface area contributed by atoms with Gasteiger partial charge in [0.15, 0.2) is 0 Å². The van der Waals surface area contributed by atoms with Gasteiger partial charge in [0, 0.05) is 18.4 Å². The van der Waals surface area contributed by atoms with Crippen LogP contribution in [-0.4, -0.2) is 15.6 Å². The van der Waals surface area contributed by atoms with Crippen molar-refractivity contribution in [2.45, 2.75) is 31.3 Å². The fourth-order valence-electron chi connectivity index (χ4n) is 1.91. The van der Waals surface area contributed by atoms with Crippen molar-refractivity contribution in [3.63, 3.8) is 0 Å². The predicted molar refractivity (Wildman–Crippen MR) is 45.9 cm³/mol. The molecule has 2 rings (SSSR count). The topological polar surface area (TPSA) is 63.8 Å². The molecule has 1 saturated carbocycles. The molecule has 0 saturated heterocycles. The van der Waals surface area contributed by atoms with Crippen LogP contribution >= 0.6 is 0 Å². The lowest BCUT2D eigenvalue weighted by atomic mass is 10.2. The highest BCUT2D eigenvalue weighted by atomic mass is 16.1. The zero-order valence-corrected chi connectivity index (χ0v) is 6.86. The summed E-state index contributed by atoms with van der Waals surface area (Å²) in [5.41, 5.74) is 5.82. The van der Waals surface area contributed by atoms with E-state index in [9.17, 15) is 4.79 Å². The van der Waals surface area contributed by atoms with Crippen LogP contribution in [-0.2, 0) is 0 Å². The number of rotatable bonds is 1. The Morgan fingerprint density at radius 1 is 1.58 bits per heavy atom. The molecule has 0 aromatic carbocycles. The number of aromatic nitrogens is 2. The van der Waals surface area contributed by atoms with Gasteiger partial charge in [0.1, 0.15) is 0 Å². The highest BCUT2D eigenvalue weighted by Crippen LogP contribution is 2.26. The van der Waals surface area contributed by atoms with Gasteiger partial charge in [0.25, 0.3) is 0 Å². The van der Waals surface area contributed by atoms with E-state index in [-0.39, 0.29) is 17.8 Å². The van der Waals surface area contributed by atoms with Gasteiger partial charge in [0.05, 0.1) is 6.04 Å². The molecule has 1 heterocycles. The molecule has 1 aliphatic carbocycles. The molecule has 0 spiro atoms. The highest BCUT2D eigenvalue weighted by Gasteiger charge is 2.25. The van der Waals surface area contributed by atoms with Gasteiger partial charge >= 0.3 is 5.69 Å². The van der Waals surface area contributed by atoms with Gasteiger partial charge in [0.2, 0.25) is 0 Å². The smallest absolute Gasteiger partial charge is 0.325 e. The SMILES string of the molecule is NC1CCCC1n1cc[nH]c1=O. The molecule has 0 amide bonds. The average Bonchev–Trinajstić information content (AvgIpc) is 2.59. The number of aromatic amines is 1. The zero-order valence-electron chi connectivity index (χ0n) is 6.86. The third-order valence-corrected chi connectivity index (χ3v) is 2.57. The van der Waals surface area contributed by atoms with E-state index in [4.69, 9.17) is 5.73 Å². The van der Waals surface area contributed by atoms with Gasteiger partial charge in [-0.05, 0) is 19.3 Å². The van der Waals surface area contributed by atoms with Crippen molar-refractivity contribution in [2.24, 2.45) is 5.73 Å². The van der Waals surface area contributed by atoms with E-state index < -0.39 is 0 Å². The lowest BCUT2D eigenvalue weighted by Gasteiger charge is -2.15. The molecule has 1 aromatic rings. The summed E-state index contributed by atoms with van der Waals surface area (Å²) in [5, 5.41) is 0. The number of nitrogens with one attached hydrogen (secondary N) is 1. The predicted octanol–water partition coefficient (Wildman–Crippen LogP) is 0.229. The first-order valence-corrected chi connectivity index (χ1v) is 4.30. The lowest BCUT2D eigenvalue weighted by molar-refractivity contribution is 0.451. The summed E-state index contributed by atoms with van der Waals surface area (Å²) >= 11 is 0. The second-order valence-electron chi connectivity index (χ2n) is 3.33. The van der Waals surface area contributed by atoms with Gasteiger partial charge in [-0.25, -0.2) is 4.79 Å². The molecule has 4 nitrogen and oxygen atoms in total. The van der Waals surface area contributed by atoms with Crippen molar-refractivity contribution in [1.82, 2.24) is 9.55 Å². The summed E-state index contributed by atoms with van der Waals surface area (Å²) in [6, 6.07) is 0.363. The highest BCUT2D eigenvalue weighted by molar-refractivity contribution is 4.90. The maximum atomic E-state index is 11.2. The van der Waals surface area contributed by atoms with Crippen LogP contribution in [0.25, 0.3) is 0 Å². The van der Waals surface area contributed by atoms with Crippen LogP contribution in [0.1, 0.15) is 25.3 Å². The minimum atomic E-state index is -0.0441. The van der Waals surface area contributed by atoms with Gasteiger partial charge in [-0.1, -0.05) is 0 Å². The normalized spacial score (nSPS) is 29.4. The number of imidazole rings is 1. The number of nitrogens with two attached hydrogens (primary N) is 1. The summed E-state index contributed by atoms with van der Waals surface area (Å²) in [7, 11) is 0. The summed E-state index contributed by atoms with van der Waals surface area (Å²) in [4.78, 5) is 13.8. The fraction of sp³-hybridized carbons (Fsp3) is 0.625. The molecular weight excluding hydrogens is 154 g/mol. The van der Waals surface area contributed by atoms with Crippen molar-refractivity contribution in [1.29, 1.82) is 0 Å². The summed E-state index contributed by atoms with van der Waals surface area (Å²) in [5.74, 6) is 0. The Kier molecular flexibility index (Phi) is 1.77. The first-order valence-electron chi connectivity index (χ1n) is 4.30. The Morgan fingerprint density at radius 2 is 2.42 bits per heavy atom. The average molecular weight is 167 g/mol. The van der Waals surface area contributed by atoms with Crippen LogP contribution in [0.2, 0.25) is 0 Å². The first-order chi connectivity index (χ1) is 5.79. The first kappa shape index (κ1) is 7.61. The van der Waals surface area contributed by atoms with Crippen LogP contribution in [0.5, 0.6) is 0 Å². The Bertz CT molecular complexity index is 314. The summed E-state index contributed by atoms with van der Waals surface area (Å²) in [6.45, 7) is 0. The van der Waals surface area contributed by atoms with E-state index in [0.29, 0.717) is 0 Å². The maximum absolute atomic E-state index is 11.2. The Morgan fingerprint density at radius 3 is 2.92 bits per heavy atom. The van der Waals surface area contributed by atoms with Gasteiger partial charge < -0.3 is 10.7 Å². The van der Waals surface area contributed by atoms with Crippen LogP contribution in [0, 0.1) is 0 Å². The van der Waals surface area contributed by atoms with E-state index in [1.54, 1.807) is 17.0 Å². The third kappa shape index (κ3) is 1.08. The standard InChI is InChI=1S/C8H13N3O/c9-6-2-1-3-7(6)11-5-4-10-8(11)12/h4-7H,1-3,9H2,(H,10,12). The second kappa shape index (κ2) is 2.79. The Labute approximate surface area is 70.4 Å². The molecule has 2 atom stereocenters. The monoisotopic (exact) mass is 167 g/mol. The van der Waals surface area contributed by atoms with Gasteiger partial charge in [-0.15, -0.1) is 0 Å². The third-order valence-electron chi connectivity index (χ3n) is 2.57. The number of hydrogen-bond acceptors (Lipinski definition) is 2. The van der Waals surface area contributed by atoms with E-state index in [0.717, 1.165) is 19.3 Å². The Balaban J connectivity index is 2.30. The van der Waals surface area contributed by atoms with E-state index in [2.05, 4.69) is 4.98 Å². The fourth-order valence-corrected chi connectivity index (χ4v) is 1.91. The molecule has 0 aliphatic heterocycles. The second-order valence-corrected chi connectivity index (χ2v) is 3.33. The molecule has 4 heteroatoms. The Hall–Kier alpha value is -1.03. The molecule has 1 fully saturated rings. The van der Waals surface area contributed by atoms with Crippen LogP contribution in [0.15, 0.2) is 17.2 Å². The number of nitrogens with zero attached hydrogens (tertiary/aromatic N) is 1. The minimum absolute atomic E-state index is 0.0441. The molecule has 0 bridgehead atoms. The lowest BCUT2D eigenvalue weighted by Crippen LogP contribution is -2.32. The molecular formula is C8H13N3O. The van der Waals surface area contributed by atoms with Crippen molar-refractivity contribution < 1.29 is 0 Å². The quantitative estimate of drug-likeness (QED) is 0.628. The van der Waals surface area contributed by atoms with Crippen LogP contribution in [0.4, 0.5) is 0 Å². The van der Waals surface area contributed by atoms with Crippen molar-refractivity contribution in [2.75, 3.05) is 0 Å². The van der Waals surface area contributed by atoms with Crippen LogP contribution in [0.3, 0.4) is 0 Å². The molecule has 0 radical (unpaired) electrons. The van der Waals surface area contributed by atoms with Crippen LogP contribution < -0.4 is 11.4 Å². The maximum Gasteiger partial charge on any atom is 0.325 e. The number of hydrogen-bond donors (Lipinski definition) is 2. The van der Waals surface area contributed by atoms with E-state index in [1.807, 2.05) is 0 Å². The molecule has 12 heavy (non-hydrogen) atoms. The molecule has 1 aliphatic rings. The molecule has 66 valence electrons. The van der Waals surface area contributed by atoms with E-state index in [1.165, 1.54) is 0 Å². The van der Waals surface area contributed by atoms with Crippen molar-refractivity contribution in [3.8, 4) is 0 Å². The molecule has 1 aromatic heterocycles. The molecule has 3 N–H and O–H groups in total. The minimum Gasteiger partial charge on any atom is -0.326 e. The summed E-state index contributed by atoms with van der Waals surface area (Å²) < 4.78 is 1.71. The largest absolute Gasteiger partial charge is 0.326 e. The van der Waals surface area contributed by atoms with Gasteiger partial charge in [-0.3, -0.25) is 4.57 Å². The summed E-state index contributed by atoms with van der Waals surface area (Å²) in [6.07, 6.45) is 6.62. The number of H-pyrrole nitrogens is 1. The van der Waals surface area contributed by atoms with Gasteiger partial charge in [-0.2, -0.15) is 0 Å².